The topological polar surface area (TPSA) is 18.5 Å². The molecule has 0 amide bonds. The zero-order valence-electron chi connectivity index (χ0n) is 14.1. The van der Waals surface area contributed by atoms with Gasteiger partial charge in [-0.2, -0.15) is 0 Å². The highest BCUT2D eigenvalue weighted by molar-refractivity contribution is 5.56. The molecular formula is C18H31N3. The molecule has 1 aliphatic heterocycles. The molecule has 0 saturated carbocycles. The summed E-state index contributed by atoms with van der Waals surface area (Å²) < 4.78 is 0. The van der Waals surface area contributed by atoms with E-state index in [4.69, 9.17) is 0 Å². The van der Waals surface area contributed by atoms with Gasteiger partial charge in [-0.1, -0.05) is 32.0 Å². The number of nitrogens with one attached hydrogen (secondary N) is 1. The fourth-order valence-corrected chi connectivity index (χ4v) is 3.49. The van der Waals surface area contributed by atoms with E-state index in [-0.39, 0.29) is 0 Å². The second-order valence-electron chi connectivity index (χ2n) is 6.24. The van der Waals surface area contributed by atoms with Crippen molar-refractivity contribution in [2.45, 2.75) is 45.7 Å². The molecule has 0 aromatic heterocycles. The number of likely N-dealkylation sites (N-methyl/N-ethyl adjacent to an activating group) is 1. The molecular weight excluding hydrogens is 258 g/mol. The third kappa shape index (κ3) is 3.98. The Morgan fingerprint density at radius 1 is 1.24 bits per heavy atom. The van der Waals surface area contributed by atoms with Gasteiger partial charge in [-0.05, 0) is 51.5 Å². The summed E-state index contributed by atoms with van der Waals surface area (Å²) in [5.74, 6) is 0. The second-order valence-corrected chi connectivity index (χ2v) is 6.24. The van der Waals surface area contributed by atoms with E-state index in [1.165, 1.54) is 24.2 Å². The van der Waals surface area contributed by atoms with Crippen LogP contribution in [0.2, 0.25) is 0 Å². The molecule has 118 valence electrons. The lowest BCUT2D eigenvalue weighted by molar-refractivity contribution is 0.337. The van der Waals surface area contributed by atoms with Gasteiger partial charge in [0.1, 0.15) is 0 Å². The summed E-state index contributed by atoms with van der Waals surface area (Å²) in [4.78, 5) is 5.06. The Hall–Kier alpha value is -1.06. The molecule has 1 saturated heterocycles. The molecule has 2 unspecified atom stereocenters. The van der Waals surface area contributed by atoms with E-state index in [1.54, 1.807) is 0 Å². The van der Waals surface area contributed by atoms with E-state index >= 15 is 0 Å². The van der Waals surface area contributed by atoms with Gasteiger partial charge in [0.15, 0.2) is 0 Å². The van der Waals surface area contributed by atoms with E-state index in [9.17, 15) is 0 Å². The molecule has 0 aliphatic carbocycles. The molecule has 1 aromatic carbocycles. The molecule has 1 heterocycles. The fraction of sp³-hybridized carbons (Fsp3) is 0.667. The number of benzene rings is 1. The summed E-state index contributed by atoms with van der Waals surface area (Å²) in [6.07, 6.45) is 2.38. The Morgan fingerprint density at radius 2 is 2.00 bits per heavy atom. The quantitative estimate of drug-likeness (QED) is 0.897. The van der Waals surface area contributed by atoms with Crippen molar-refractivity contribution in [2.24, 2.45) is 0 Å². The highest BCUT2D eigenvalue weighted by atomic mass is 15.2. The molecule has 2 atom stereocenters. The Balaban J connectivity index is 2.29. The first kappa shape index (κ1) is 16.3. The van der Waals surface area contributed by atoms with Gasteiger partial charge in [0.2, 0.25) is 0 Å². The zero-order valence-corrected chi connectivity index (χ0v) is 14.1. The van der Waals surface area contributed by atoms with E-state index in [1.807, 2.05) is 0 Å². The lowest BCUT2D eigenvalue weighted by Gasteiger charge is -2.33. The molecule has 1 fully saturated rings. The SMILES string of the molecule is CCNC(CC)c1ccccc1N1CCCN(C)CC1C. The molecule has 1 aliphatic rings. The van der Waals surface area contributed by atoms with Crippen LogP contribution in [0.15, 0.2) is 24.3 Å². The highest BCUT2D eigenvalue weighted by Gasteiger charge is 2.23. The third-order valence-corrected chi connectivity index (χ3v) is 4.53. The molecule has 21 heavy (non-hydrogen) atoms. The minimum Gasteiger partial charge on any atom is -0.367 e. The van der Waals surface area contributed by atoms with Gasteiger partial charge in [-0.3, -0.25) is 0 Å². The summed E-state index contributed by atoms with van der Waals surface area (Å²) in [7, 11) is 2.24. The Bertz CT molecular complexity index is 432. The monoisotopic (exact) mass is 289 g/mol. The van der Waals surface area contributed by atoms with Crippen LogP contribution in [-0.4, -0.2) is 44.2 Å². The van der Waals surface area contributed by atoms with Crippen molar-refractivity contribution in [2.75, 3.05) is 38.1 Å². The number of hydrogen-bond donors (Lipinski definition) is 1. The van der Waals surface area contributed by atoms with Gasteiger partial charge in [-0.25, -0.2) is 0 Å². The van der Waals surface area contributed by atoms with Crippen LogP contribution in [0.3, 0.4) is 0 Å². The van der Waals surface area contributed by atoms with Crippen LogP contribution in [-0.2, 0) is 0 Å². The predicted octanol–water partition coefficient (Wildman–Crippen LogP) is 3.28. The second kappa shape index (κ2) is 7.81. The maximum Gasteiger partial charge on any atom is 0.0417 e. The number of rotatable bonds is 5. The summed E-state index contributed by atoms with van der Waals surface area (Å²) in [6.45, 7) is 11.3. The first-order chi connectivity index (χ1) is 10.2. The minimum absolute atomic E-state index is 0.458. The van der Waals surface area contributed by atoms with Crippen LogP contribution in [0.25, 0.3) is 0 Å². The number of hydrogen-bond acceptors (Lipinski definition) is 3. The normalized spacial score (nSPS) is 22.1. The van der Waals surface area contributed by atoms with Crippen LogP contribution >= 0.6 is 0 Å². The van der Waals surface area contributed by atoms with Crippen molar-refractivity contribution in [3.05, 3.63) is 29.8 Å². The van der Waals surface area contributed by atoms with Gasteiger partial charge >= 0.3 is 0 Å². The van der Waals surface area contributed by atoms with E-state index in [0.29, 0.717) is 12.1 Å². The van der Waals surface area contributed by atoms with Crippen molar-refractivity contribution in [3.63, 3.8) is 0 Å². The summed E-state index contributed by atoms with van der Waals surface area (Å²) in [5.41, 5.74) is 2.88. The molecule has 3 nitrogen and oxygen atoms in total. The highest BCUT2D eigenvalue weighted by Crippen LogP contribution is 2.30. The van der Waals surface area contributed by atoms with Crippen molar-refractivity contribution >= 4 is 5.69 Å². The molecule has 0 radical (unpaired) electrons. The van der Waals surface area contributed by atoms with Crippen LogP contribution < -0.4 is 10.2 Å². The maximum absolute atomic E-state index is 3.63. The maximum atomic E-state index is 3.63. The average molecular weight is 289 g/mol. The lowest BCUT2D eigenvalue weighted by atomic mass is 10.0. The zero-order chi connectivity index (χ0) is 15.2. The first-order valence-corrected chi connectivity index (χ1v) is 8.44. The van der Waals surface area contributed by atoms with E-state index in [0.717, 1.165) is 26.1 Å². The first-order valence-electron chi connectivity index (χ1n) is 8.44. The minimum atomic E-state index is 0.458. The number of anilines is 1. The summed E-state index contributed by atoms with van der Waals surface area (Å²) in [6, 6.07) is 9.98. The van der Waals surface area contributed by atoms with E-state index in [2.05, 4.69) is 67.2 Å². The molecule has 1 aromatic rings. The summed E-state index contributed by atoms with van der Waals surface area (Å²) in [5, 5.41) is 3.63. The molecule has 3 heteroatoms. The van der Waals surface area contributed by atoms with Crippen LogP contribution in [0.1, 0.15) is 45.2 Å². The molecule has 0 spiro atoms. The van der Waals surface area contributed by atoms with E-state index < -0.39 is 0 Å². The van der Waals surface area contributed by atoms with Gasteiger partial charge in [0.05, 0.1) is 0 Å². The average Bonchev–Trinajstić information content (AvgIpc) is 2.65. The number of para-hydroxylation sites is 1. The van der Waals surface area contributed by atoms with Crippen LogP contribution in [0, 0.1) is 0 Å². The number of nitrogens with zero attached hydrogens (tertiary/aromatic N) is 2. The van der Waals surface area contributed by atoms with Crippen molar-refractivity contribution < 1.29 is 0 Å². The fourth-order valence-electron chi connectivity index (χ4n) is 3.49. The molecule has 1 N–H and O–H groups in total. The lowest BCUT2D eigenvalue weighted by Crippen LogP contribution is -2.39. The van der Waals surface area contributed by atoms with Gasteiger partial charge in [-0.15, -0.1) is 0 Å². The molecule has 0 bridgehead atoms. The summed E-state index contributed by atoms with van der Waals surface area (Å²) >= 11 is 0. The largest absolute Gasteiger partial charge is 0.367 e. The van der Waals surface area contributed by atoms with Crippen LogP contribution in [0.4, 0.5) is 5.69 Å². The van der Waals surface area contributed by atoms with Crippen molar-refractivity contribution in [1.29, 1.82) is 0 Å². The Morgan fingerprint density at radius 3 is 2.71 bits per heavy atom. The predicted molar refractivity (Wildman–Crippen MR) is 92.1 cm³/mol. The smallest absolute Gasteiger partial charge is 0.0417 e. The standard InChI is InChI=1S/C18H31N3/c1-5-17(19-6-2)16-10-7-8-11-18(16)21-13-9-12-20(4)14-15(21)3/h7-8,10-11,15,17,19H,5-6,9,12-14H2,1-4H3. The van der Waals surface area contributed by atoms with Crippen LogP contribution in [0.5, 0.6) is 0 Å². The van der Waals surface area contributed by atoms with Gasteiger partial charge in [0.25, 0.3) is 0 Å². The Labute approximate surface area is 130 Å². The van der Waals surface area contributed by atoms with Crippen molar-refractivity contribution in [1.82, 2.24) is 10.2 Å². The third-order valence-electron chi connectivity index (χ3n) is 4.53. The van der Waals surface area contributed by atoms with Gasteiger partial charge < -0.3 is 15.1 Å². The Kier molecular flexibility index (Phi) is 6.07. The van der Waals surface area contributed by atoms with Gasteiger partial charge in [0, 0.05) is 30.9 Å². The van der Waals surface area contributed by atoms with Crippen molar-refractivity contribution in [3.8, 4) is 0 Å². The molecule has 2 rings (SSSR count).